The Morgan fingerprint density at radius 2 is 2.19 bits per heavy atom. The molecule has 4 heteroatoms. The quantitative estimate of drug-likeness (QED) is 0.790. The zero-order valence-electron chi connectivity index (χ0n) is 11.0. The zero-order valence-corrected chi connectivity index (χ0v) is 11.0. The zero-order chi connectivity index (χ0) is 12.1. The number of nitrogens with zero attached hydrogens (tertiary/aromatic N) is 2. The molecule has 0 aromatic rings. The van der Waals surface area contributed by atoms with E-state index in [1.807, 2.05) is 19.0 Å². The van der Waals surface area contributed by atoms with Crippen LogP contribution in [-0.4, -0.2) is 55.6 Å². The van der Waals surface area contributed by atoms with Gasteiger partial charge in [-0.15, -0.1) is 0 Å². The van der Waals surface area contributed by atoms with Crippen molar-refractivity contribution in [3.63, 3.8) is 0 Å². The van der Waals surface area contributed by atoms with Crippen LogP contribution in [0.25, 0.3) is 0 Å². The number of carbonyl (C=O) groups excluding carboxylic acids is 1. The van der Waals surface area contributed by atoms with Gasteiger partial charge in [0.05, 0.1) is 0 Å². The number of urea groups is 1. The molecule has 0 aromatic heterocycles. The predicted octanol–water partition coefficient (Wildman–Crippen LogP) is 1.38. The summed E-state index contributed by atoms with van der Waals surface area (Å²) in [6.07, 6.45) is 2.24. The summed E-state index contributed by atoms with van der Waals surface area (Å²) in [6, 6.07) is 0.715. The molecule has 16 heavy (non-hydrogen) atoms. The predicted molar refractivity (Wildman–Crippen MR) is 66.5 cm³/mol. The first-order chi connectivity index (χ1) is 7.56. The molecule has 2 unspecified atom stereocenters. The topological polar surface area (TPSA) is 35.6 Å². The summed E-state index contributed by atoms with van der Waals surface area (Å²) in [5.41, 5.74) is 0. The highest BCUT2D eigenvalue weighted by Gasteiger charge is 2.28. The average molecular weight is 227 g/mol. The number of amides is 2. The van der Waals surface area contributed by atoms with Gasteiger partial charge < -0.3 is 15.1 Å². The van der Waals surface area contributed by atoms with Crippen molar-refractivity contribution < 1.29 is 4.79 Å². The van der Waals surface area contributed by atoms with E-state index >= 15 is 0 Å². The highest BCUT2D eigenvalue weighted by molar-refractivity contribution is 5.73. The van der Waals surface area contributed by atoms with Crippen molar-refractivity contribution in [2.24, 2.45) is 5.92 Å². The Morgan fingerprint density at radius 1 is 1.50 bits per heavy atom. The van der Waals surface area contributed by atoms with Gasteiger partial charge in [-0.3, -0.25) is 0 Å². The molecule has 1 aliphatic rings. The summed E-state index contributed by atoms with van der Waals surface area (Å²) in [5, 5.41) is 3.56. The first-order valence-electron chi connectivity index (χ1n) is 6.25. The molecule has 1 aliphatic heterocycles. The lowest BCUT2D eigenvalue weighted by atomic mass is 9.94. The Hall–Kier alpha value is -0.770. The van der Waals surface area contributed by atoms with Gasteiger partial charge >= 0.3 is 6.03 Å². The van der Waals surface area contributed by atoms with Crippen molar-refractivity contribution in [2.45, 2.75) is 32.7 Å². The molecule has 0 aliphatic carbocycles. The lowest BCUT2D eigenvalue weighted by Crippen LogP contribution is -2.52. The normalized spacial score (nSPS) is 25.6. The van der Waals surface area contributed by atoms with Crippen LogP contribution in [0.4, 0.5) is 4.79 Å². The van der Waals surface area contributed by atoms with Crippen LogP contribution in [0.2, 0.25) is 0 Å². The van der Waals surface area contributed by atoms with E-state index in [4.69, 9.17) is 0 Å². The number of hydrogen-bond acceptors (Lipinski definition) is 2. The molecular formula is C12H25N3O. The summed E-state index contributed by atoms with van der Waals surface area (Å²) < 4.78 is 0. The van der Waals surface area contributed by atoms with Crippen molar-refractivity contribution in [2.75, 3.05) is 33.7 Å². The largest absolute Gasteiger partial charge is 0.331 e. The fraction of sp³-hybridized carbons (Fsp3) is 0.917. The molecule has 2 amide bonds. The van der Waals surface area contributed by atoms with E-state index in [0.717, 1.165) is 26.1 Å². The van der Waals surface area contributed by atoms with Crippen LogP contribution in [0.1, 0.15) is 26.7 Å². The van der Waals surface area contributed by atoms with Crippen LogP contribution in [0.15, 0.2) is 0 Å². The molecule has 0 radical (unpaired) electrons. The molecule has 0 bridgehead atoms. The van der Waals surface area contributed by atoms with Crippen molar-refractivity contribution in [3.05, 3.63) is 0 Å². The van der Waals surface area contributed by atoms with Crippen LogP contribution in [0.5, 0.6) is 0 Å². The van der Waals surface area contributed by atoms with Gasteiger partial charge in [-0.1, -0.05) is 13.8 Å². The molecule has 94 valence electrons. The maximum Gasteiger partial charge on any atom is 0.319 e. The summed E-state index contributed by atoms with van der Waals surface area (Å²) in [4.78, 5) is 15.4. The number of likely N-dealkylation sites (tertiary alicyclic amines) is 1. The van der Waals surface area contributed by atoms with Crippen LogP contribution in [0.3, 0.4) is 0 Å². The third kappa shape index (κ3) is 3.37. The minimum absolute atomic E-state index is 0.140. The third-order valence-corrected chi connectivity index (χ3v) is 3.21. The van der Waals surface area contributed by atoms with Gasteiger partial charge in [0.15, 0.2) is 0 Å². The van der Waals surface area contributed by atoms with E-state index in [2.05, 4.69) is 19.2 Å². The highest BCUT2D eigenvalue weighted by Crippen LogP contribution is 2.17. The number of nitrogens with one attached hydrogen (secondary N) is 1. The molecule has 1 heterocycles. The Balaban J connectivity index is 2.42. The van der Waals surface area contributed by atoms with Gasteiger partial charge in [0, 0.05) is 33.2 Å². The minimum Gasteiger partial charge on any atom is -0.331 e. The summed E-state index contributed by atoms with van der Waals surface area (Å²) in [5.74, 6) is 0.546. The van der Waals surface area contributed by atoms with Crippen molar-refractivity contribution in [1.29, 1.82) is 0 Å². The summed E-state index contributed by atoms with van der Waals surface area (Å²) in [7, 11) is 3.63. The molecule has 1 saturated heterocycles. The van der Waals surface area contributed by atoms with E-state index in [-0.39, 0.29) is 6.03 Å². The second-order valence-electron chi connectivity index (χ2n) is 4.95. The van der Waals surface area contributed by atoms with E-state index in [1.54, 1.807) is 4.90 Å². The summed E-state index contributed by atoms with van der Waals surface area (Å²) >= 11 is 0. The SMILES string of the molecule is CCCNC1CCN(C(=O)N(C)C)CC1C. The Kier molecular flexibility index (Phi) is 5.06. The second kappa shape index (κ2) is 6.09. The van der Waals surface area contributed by atoms with Crippen LogP contribution >= 0.6 is 0 Å². The third-order valence-electron chi connectivity index (χ3n) is 3.21. The molecule has 1 rings (SSSR count). The second-order valence-corrected chi connectivity index (χ2v) is 4.95. The molecule has 1 fully saturated rings. The minimum atomic E-state index is 0.140. The maximum atomic E-state index is 11.8. The molecule has 0 aromatic carbocycles. The van der Waals surface area contributed by atoms with Crippen molar-refractivity contribution >= 4 is 6.03 Å². The fourth-order valence-electron chi connectivity index (χ4n) is 2.24. The van der Waals surface area contributed by atoms with E-state index in [9.17, 15) is 4.79 Å². The van der Waals surface area contributed by atoms with E-state index in [1.165, 1.54) is 6.42 Å². The van der Waals surface area contributed by atoms with Crippen LogP contribution in [-0.2, 0) is 0 Å². The molecule has 4 nitrogen and oxygen atoms in total. The van der Waals surface area contributed by atoms with Gasteiger partial charge in [0.1, 0.15) is 0 Å². The number of hydrogen-bond donors (Lipinski definition) is 1. The van der Waals surface area contributed by atoms with Gasteiger partial charge in [0.2, 0.25) is 0 Å². The van der Waals surface area contributed by atoms with Gasteiger partial charge in [-0.05, 0) is 25.3 Å². The first-order valence-corrected chi connectivity index (χ1v) is 6.25. The summed E-state index contributed by atoms with van der Waals surface area (Å²) in [6.45, 7) is 7.24. The number of rotatable bonds is 3. The molecular weight excluding hydrogens is 202 g/mol. The molecule has 0 spiro atoms. The van der Waals surface area contributed by atoms with Crippen LogP contribution < -0.4 is 5.32 Å². The number of piperidine rings is 1. The average Bonchev–Trinajstić information content (AvgIpc) is 2.26. The fourth-order valence-corrected chi connectivity index (χ4v) is 2.24. The lowest BCUT2D eigenvalue weighted by Gasteiger charge is -2.38. The van der Waals surface area contributed by atoms with Crippen LogP contribution in [0, 0.1) is 5.92 Å². The molecule has 0 saturated carbocycles. The Labute approximate surface area is 99.0 Å². The highest BCUT2D eigenvalue weighted by atomic mass is 16.2. The number of carbonyl (C=O) groups is 1. The van der Waals surface area contributed by atoms with Crippen molar-refractivity contribution in [1.82, 2.24) is 15.1 Å². The Bertz CT molecular complexity index is 230. The first kappa shape index (κ1) is 13.3. The lowest BCUT2D eigenvalue weighted by molar-refractivity contribution is 0.131. The van der Waals surface area contributed by atoms with E-state index in [0.29, 0.717) is 12.0 Å². The van der Waals surface area contributed by atoms with Crippen molar-refractivity contribution in [3.8, 4) is 0 Å². The van der Waals surface area contributed by atoms with Gasteiger partial charge in [0.25, 0.3) is 0 Å². The standard InChI is InChI=1S/C12H25N3O/c1-5-7-13-11-6-8-15(9-10(11)2)12(16)14(3)4/h10-11,13H,5-9H2,1-4H3. The smallest absolute Gasteiger partial charge is 0.319 e. The monoisotopic (exact) mass is 227 g/mol. The maximum absolute atomic E-state index is 11.8. The van der Waals surface area contributed by atoms with Gasteiger partial charge in [-0.2, -0.15) is 0 Å². The Morgan fingerprint density at radius 3 is 2.69 bits per heavy atom. The van der Waals surface area contributed by atoms with Gasteiger partial charge in [-0.25, -0.2) is 4.79 Å². The van der Waals surface area contributed by atoms with E-state index < -0.39 is 0 Å². The molecule has 2 atom stereocenters. The molecule has 1 N–H and O–H groups in total.